The molecule has 0 spiro atoms. The van der Waals surface area contributed by atoms with Gasteiger partial charge >= 0.3 is 6.18 Å². The molecule has 13 heavy (non-hydrogen) atoms. The number of nitriles is 1. The van der Waals surface area contributed by atoms with E-state index in [9.17, 15) is 13.2 Å². The molecule has 0 saturated heterocycles. The summed E-state index contributed by atoms with van der Waals surface area (Å²) in [6.07, 6.45) is -4.61. The molecule has 4 nitrogen and oxygen atoms in total. The van der Waals surface area contributed by atoms with Crippen molar-refractivity contribution in [2.75, 3.05) is 5.73 Å². The normalized spacial score (nSPS) is 11.3. The molecule has 0 aliphatic heterocycles. The first-order valence-corrected chi connectivity index (χ1v) is 3.17. The minimum atomic E-state index is -4.61. The Balaban J connectivity index is 3.36. The summed E-state index contributed by atoms with van der Waals surface area (Å²) in [5.41, 5.74) is 3.88. The Morgan fingerprint density at radius 3 is 2.31 bits per heavy atom. The van der Waals surface area contributed by atoms with Gasteiger partial charge in [0, 0.05) is 7.05 Å². The van der Waals surface area contributed by atoms with Gasteiger partial charge in [-0.05, 0) is 0 Å². The van der Waals surface area contributed by atoms with Gasteiger partial charge in [0.2, 0.25) is 5.82 Å². The Labute approximate surface area is 71.4 Å². The molecule has 0 aliphatic carbocycles. The van der Waals surface area contributed by atoms with E-state index in [-0.39, 0.29) is 5.82 Å². The average molecular weight is 190 g/mol. The number of rotatable bonds is 0. The van der Waals surface area contributed by atoms with E-state index in [2.05, 4.69) is 4.98 Å². The predicted octanol–water partition coefficient (Wildman–Crippen LogP) is 0.893. The third-order valence-electron chi connectivity index (χ3n) is 1.51. The largest absolute Gasteiger partial charge is 0.437 e. The van der Waals surface area contributed by atoms with Crippen LogP contribution in [-0.2, 0) is 13.2 Å². The lowest BCUT2D eigenvalue weighted by molar-refractivity contribution is -0.140. The van der Waals surface area contributed by atoms with Gasteiger partial charge in [-0.3, -0.25) is 0 Å². The van der Waals surface area contributed by atoms with E-state index in [4.69, 9.17) is 11.0 Å². The van der Waals surface area contributed by atoms with Crippen LogP contribution < -0.4 is 5.73 Å². The monoisotopic (exact) mass is 190 g/mol. The SMILES string of the molecule is Cn1c(C#N)nc(C(F)(F)F)c1N. The van der Waals surface area contributed by atoms with E-state index in [1.165, 1.54) is 13.1 Å². The number of anilines is 1. The van der Waals surface area contributed by atoms with Crippen molar-refractivity contribution in [3.05, 3.63) is 11.5 Å². The van der Waals surface area contributed by atoms with Crippen molar-refractivity contribution in [3.8, 4) is 6.07 Å². The molecule has 0 radical (unpaired) electrons. The molecule has 1 heterocycles. The van der Waals surface area contributed by atoms with Crippen LogP contribution in [0.25, 0.3) is 0 Å². The van der Waals surface area contributed by atoms with E-state index in [0.717, 1.165) is 4.57 Å². The zero-order valence-electron chi connectivity index (χ0n) is 6.55. The number of hydrogen-bond acceptors (Lipinski definition) is 3. The highest BCUT2D eigenvalue weighted by atomic mass is 19.4. The number of nitrogens with two attached hydrogens (primary N) is 1. The van der Waals surface area contributed by atoms with Crippen molar-refractivity contribution in [2.24, 2.45) is 7.05 Å². The third kappa shape index (κ3) is 1.42. The second kappa shape index (κ2) is 2.65. The maximum Gasteiger partial charge on any atom is 0.437 e. The summed E-state index contributed by atoms with van der Waals surface area (Å²) >= 11 is 0. The number of halogens is 3. The Kier molecular flexibility index (Phi) is 1.92. The summed E-state index contributed by atoms with van der Waals surface area (Å²) in [6, 6.07) is 1.50. The molecule has 0 atom stereocenters. The summed E-state index contributed by atoms with van der Waals surface area (Å²) in [5, 5.41) is 8.37. The van der Waals surface area contributed by atoms with Gasteiger partial charge < -0.3 is 10.3 Å². The molecule has 70 valence electrons. The van der Waals surface area contributed by atoms with Crippen LogP contribution in [0, 0.1) is 11.3 Å². The highest BCUT2D eigenvalue weighted by Gasteiger charge is 2.37. The summed E-state index contributed by atoms with van der Waals surface area (Å²) < 4.78 is 37.2. The standard InChI is InChI=1S/C6H5F3N4/c1-13-3(2-10)12-4(5(13)11)6(7,8)9/h11H2,1H3. The molecule has 1 aromatic heterocycles. The van der Waals surface area contributed by atoms with Gasteiger partial charge in [0.15, 0.2) is 5.69 Å². The van der Waals surface area contributed by atoms with Gasteiger partial charge in [-0.15, -0.1) is 0 Å². The smallest absolute Gasteiger partial charge is 0.383 e. The number of imidazole rings is 1. The predicted molar refractivity (Wildman–Crippen MR) is 37.3 cm³/mol. The Hall–Kier alpha value is -1.71. The van der Waals surface area contributed by atoms with Crippen LogP contribution >= 0.6 is 0 Å². The van der Waals surface area contributed by atoms with Crippen LogP contribution in [0.1, 0.15) is 11.5 Å². The molecular weight excluding hydrogens is 185 g/mol. The minimum absolute atomic E-state index is 0.357. The van der Waals surface area contributed by atoms with Crippen LogP contribution in [0.5, 0.6) is 0 Å². The number of nitrogens with zero attached hydrogens (tertiary/aromatic N) is 3. The van der Waals surface area contributed by atoms with Gasteiger partial charge in [-0.1, -0.05) is 0 Å². The molecule has 0 unspecified atom stereocenters. The summed E-state index contributed by atoms with van der Waals surface area (Å²) in [5.74, 6) is -0.908. The van der Waals surface area contributed by atoms with Crippen molar-refractivity contribution in [3.63, 3.8) is 0 Å². The second-order valence-corrected chi connectivity index (χ2v) is 2.34. The van der Waals surface area contributed by atoms with Crippen molar-refractivity contribution >= 4 is 5.82 Å². The van der Waals surface area contributed by atoms with E-state index >= 15 is 0 Å². The number of alkyl halides is 3. The third-order valence-corrected chi connectivity index (χ3v) is 1.51. The van der Waals surface area contributed by atoms with E-state index in [0.29, 0.717) is 0 Å². The molecule has 0 saturated carbocycles. The first-order valence-electron chi connectivity index (χ1n) is 3.17. The second-order valence-electron chi connectivity index (χ2n) is 2.34. The van der Waals surface area contributed by atoms with Crippen LogP contribution in [0.15, 0.2) is 0 Å². The van der Waals surface area contributed by atoms with Crippen LogP contribution in [0.2, 0.25) is 0 Å². The van der Waals surface area contributed by atoms with Crippen LogP contribution in [0.3, 0.4) is 0 Å². The van der Waals surface area contributed by atoms with Crippen molar-refractivity contribution < 1.29 is 13.2 Å². The summed E-state index contributed by atoms with van der Waals surface area (Å²) in [4.78, 5) is 3.05. The number of nitrogen functional groups attached to an aromatic ring is 1. The lowest BCUT2D eigenvalue weighted by Gasteiger charge is -2.02. The molecule has 0 amide bonds. The minimum Gasteiger partial charge on any atom is -0.383 e. The van der Waals surface area contributed by atoms with Gasteiger partial charge in [0.1, 0.15) is 11.9 Å². The molecule has 0 aromatic carbocycles. The quantitative estimate of drug-likeness (QED) is 0.660. The Morgan fingerprint density at radius 1 is 1.54 bits per heavy atom. The summed E-state index contributed by atoms with van der Waals surface area (Å²) in [7, 11) is 1.25. The van der Waals surface area contributed by atoms with E-state index < -0.39 is 17.7 Å². The average Bonchev–Trinajstić information content (AvgIpc) is 2.28. The fourth-order valence-corrected chi connectivity index (χ4v) is 0.820. The molecule has 1 rings (SSSR count). The molecular formula is C6H5F3N4. The zero-order valence-corrected chi connectivity index (χ0v) is 6.55. The fraction of sp³-hybridized carbons (Fsp3) is 0.333. The molecule has 1 aromatic rings. The molecule has 2 N–H and O–H groups in total. The van der Waals surface area contributed by atoms with Crippen LogP contribution in [0.4, 0.5) is 19.0 Å². The first kappa shape index (κ1) is 9.38. The highest BCUT2D eigenvalue weighted by Crippen LogP contribution is 2.32. The van der Waals surface area contributed by atoms with Gasteiger partial charge in [0.25, 0.3) is 0 Å². The summed E-state index contributed by atoms with van der Waals surface area (Å²) in [6.45, 7) is 0. The maximum absolute atomic E-state index is 12.1. The van der Waals surface area contributed by atoms with Crippen molar-refractivity contribution in [1.29, 1.82) is 5.26 Å². The van der Waals surface area contributed by atoms with Gasteiger partial charge in [-0.2, -0.15) is 18.4 Å². The lowest BCUT2D eigenvalue weighted by atomic mass is 10.4. The lowest BCUT2D eigenvalue weighted by Crippen LogP contribution is -2.09. The van der Waals surface area contributed by atoms with Gasteiger partial charge in [0.05, 0.1) is 0 Å². The number of hydrogen-bond donors (Lipinski definition) is 1. The molecule has 7 heteroatoms. The van der Waals surface area contributed by atoms with Crippen LogP contribution in [-0.4, -0.2) is 9.55 Å². The highest BCUT2D eigenvalue weighted by molar-refractivity contribution is 5.42. The fourth-order valence-electron chi connectivity index (χ4n) is 0.820. The van der Waals surface area contributed by atoms with Gasteiger partial charge in [-0.25, -0.2) is 4.98 Å². The maximum atomic E-state index is 12.1. The van der Waals surface area contributed by atoms with E-state index in [1.807, 2.05) is 0 Å². The van der Waals surface area contributed by atoms with E-state index in [1.54, 1.807) is 0 Å². The topological polar surface area (TPSA) is 67.6 Å². The van der Waals surface area contributed by atoms with Crippen molar-refractivity contribution in [1.82, 2.24) is 9.55 Å². The first-order chi connectivity index (χ1) is 5.88. The zero-order chi connectivity index (χ0) is 10.2. The molecule has 0 aliphatic rings. The Bertz CT molecular complexity index is 370. The Morgan fingerprint density at radius 2 is 2.08 bits per heavy atom. The van der Waals surface area contributed by atoms with Crippen molar-refractivity contribution in [2.45, 2.75) is 6.18 Å². The molecule has 0 bridgehead atoms. The number of aromatic nitrogens is 2. The molecule has 0 fully saturated rings.